The van der Waals surface area contributed by atoms with Gasteiger partial charge in [-0.2, -0.15) is 0 Å². The Morgan fingerprint density at radius 1 is 0.350 bits per heavy atom. The molecular formula is C42H16F4N4O2S8. The maximum Gasteiger partial charge on any atom is 0.196 e. The van der Waals surface area contributed by atoms with Gasteiger partial charge in [-0.15, -0.1) is 45.3 Å². The number of rotatable bonds is 8. The Hall–Kier alpha value is -4.66. The van der Waals surface area contributed by atoms with Gasteiger partial charge in [0.2, 0.25) is 0 Å². The van der Waals surface area contributed by atoms with Gasteiger partial charge in [-0.3, -0.25) is 9.59 Å². The van der Waals surface area contributed by atoms with Crippen LogP contribution in [0.4, 0.5) is 17.6 Å². The second kappa shape index (κ2) is 15.1. The first-order chi connectivity index (χ1) is 29.2. The number of para-hydroxylation sites is 4. The molecule has 0 aliphatic heterocycles. The second-order valence-corrected chi connectivity index (χ2v) is 22.2. The number of hydrogen-bond donors (Lipinski definition) is 0. The number of nitrogens with zero attached hydrogens (tertiary/aromatic N) is 4. The summed E-state index contributed by atoms with van der Waals surface area (Å²) >= 11 is 9.64. The minimum atomic E-state index is -0.478. The zero-order valence-electron chi connectivity index (χ0n) is 29.6. The highest BCUT2D eigenvalue weighted by Gasteiger charge is 2.39. The van der Waals surface area contributed by atoms with Gasteiger partial charge in [0.05, 0.1) is 18.8 Å². The molecule has 18 heteroatoms. The Bertz CT molecular complexity index is 3020. The Morgan fingerprint density at radius 2 is 0.583 bits per heavy atom. The Kier molecular flexibility index (Phi) is 9.60. The minimum absolute atomic E-state index is 0.121. The molecule has 0 atom stereocenters. The highest BCUT2D eigenvalue weighted by atomic mass is 32.2. The van der Waals surface area contributed by atoms with E-state index in [0.717, 1.165) is 47.0 Å². The quantitative estimate of drug-likeness (QED) is 0.137. The van der Waals surface area contributed by atoms with E-state index >= 15 is 9.59 Å². The molecule has 1 aliphatic rings. The number of fused-ring (bicyclic) bond motifs is 6. The van der Waals surface area contributed by atoms with E-state index in [9.17, 15) is 17.6 Å². The zero-order valence-corrected chi connectivity index (χ0v) is 36.2. The molecule has 0 amide bonds. The van der Waals surface area contributed by atoms with Crippen LogP contribution >= 0.6 is 92.4 Å². The van der Waals surface area contributed by atoms with Crippen LogP contribution in [0.1, 0.15) is 31.8 Å². The van der Waals surface area contributed by atoms with Crippen LogP contribution in [-0.2, 0) is 0 Å². The lowest BCUT2D eigenvalue weighted by atomic mass is 9.84. The third kappa shape index (κ3) is 6.55. The van der Waals surface area contributed by atoms with Gasteiger partial charge < -0.3 is 0 Å². The summed E-state index contributed by atoms with van der Waals surface area (Å²) in [6.45, 7) is 0. The van der Waals surface area contributed by atoms with Crippen molar-refractivity contribution in [3.05, 3.63) is 143 Å². The molecule has 60 heavy (non-hydrogen) atoms. The van der Waals surface area contributed by atoms with E-state index in [1.54, 1.807) is 72.8 Å². The summed E-state index contributed by atoms with van der Waals surface area (Å²) in [5.74, 6) is -2.83. The Labute approximate surface area is 368 Å². The average Bonchev–Trinajstić information content (AvgIpc) is 4.04. The predicted octanol–water partition coefficient (Wildman–Crippen LogP) is 14.1. The number of thiazole rings is 4. The van der Waals surface area contributed by atoms with Crippen LogP contribution < -0.4 is 0 Å². The molecule has 6 nitrogen and oxygen atoms in total. The first kappa shape index (κ1) is 38.3. The monoisotopic (exact) mass is 940 g/mol. The van der Waals surface area contributed by atoms with Crippen LogP contribution in [0.15, 0.2) is 134 Å². The SMILES string of the molecule is O=C1c2c(Sc3nc4c(F)cccc4s3)ccc(Sc3nc4c(F)cccc4s3)c2C(=O)c2c(Sc3nc4c(F)cccc4s3)ccc(Sc3nc4c(F)cccc4s3)c21. The molecule has 0 unspecified atom stereocenters. The van der Waals surface area contributed by atoms with Crippen LogP contribution in [-0.4, -0.2) is 31.5 Å². The van der Waals surface area contributed by atoms with E-state index in [0.29, 0.717) is 55.7 Å². The molecule has 6 aromatic carbocycles. The molecule has 4 aromatic heterocycles. The van der Waals surface area contributed by atoms with E-state index in [2.05, 4.69) is 19.9 Å². The molecule has 0 radical (unpaired) electrons. The topological polar surface area (TPSA) is 85.7 Å². The molecule has 0 fully saturated rings. The summed E-state index contributed by atoms with van der Waals surface area (Å²) in [4.78, 5) is 50.7. The van der Waals surface area contributed by atoms with Crippen LogP contribution in [0.2, 0.25) is 0 Å². The van der Waals surface area contributed by atoms with E-state index < -0.39 is 34.8 Å². The van der Waals surface area contributed by atoms with Crippen molar-refractivity contribution >= 4 is 145 Å². The molecule has 292 valence electrons. The average molecular weight is 941 g/mol. The fourth-order valence-electron chi connectivity index (χ4n) is 6.75. The fourth-order valence-corrected chi connectivity index (χ4v) is 15.4. The molecule has 0 spiro atoms. The Morgan fingerprint density at radius 3 is 0.800 bits per heavy atom. The van der Waals surface area contributed by atoms with Crippen molar-refractivity contribution in [2.45, 2.75) is 36.9 Å². The highest BCUT2D eigenvalue weighted by molar-refractivity contribution is 8.02. The molecular weight excluding hydrogens is 925 g/mol. The number of carbonyl (C=O) groups is 2. The lowest BCUT2D eigenvalue weighted by Crippen LogP contribution is -2.24. The summed E-state index contributed by atoms with van der Waals surface area (Å²) in [5, 5.41) is 0. The lowest BCUT2D eigenvalue weighted by Gasteiger charge is -2.25. The predicted molar refractivity (Wildman–Crippen MR) is 235 cm³/mol. The van der Waals surface area contributed by atoms with E-state index in [1.807, 2.05) is 0 Å². The number of halogens is 4. The molecule has 0 bridgehead atoms. The molecule has 0 N–H and O–H groups in total. The first-order valence-corrected chi connectivity index (χ1v) is 24.0. The fraction of sp³-hybridized carbons (Fsp3) is 0. The van der Waals surface area contributed by atoms with Gasteiger partial charge in [0.1, 0.15) is 45.3 Å². The van der Waals surface area contributed by atoms with Gasteiger partial charge in [0, 0.05) is 41.8 Å². The van der Waals surface area contributed by atoms with Crippen molar-refractivity contribution in [2.24, 2.45) is 0 Å². The van der Waals surface area contributed by atoms with Crippen LogP contribution in [0.25, 0.3) is 40.9 Å². The van der Waals surface area contributed by atoms with Gasteiger partial charge in [-0.25, -0.2) is 37.5 Å². The summed E-state index contributed by atoms with van der Waals surface area (Å²) < 4.78 is 63.5. The molecule has 4 heterocycles. The van der Waals surface area contributed by atoms with E-state index in [-0.39, 0.29) is 44.3 Å². The molecule has 1 aliphatic carbocycles. The minimum Gasteiger partial charge on any atom is -0.288 e. The zero-order chi connectivity index (χ0) is 40.8. The van der Waals surface area contributed by atoms with Crippen molar-refractivity contribution in [1.82, 2.24) is 19.9 Å². The standard InChI is InChI=1S/C42H16F4N4O2S8/c43-17-5-1-9-25-33(17)47-39(57-25)53-21-13-14-22(54-40-48-34-18(44)6-2-10-26(34)58-40)30-29(21)37(51)31-23(55-41-49-35-19(45)7-3-11-27(35)59-41)15-16-24(32(31)38(30)52)56-42-50-36-20(46)8-4-12-28(36)60-42/h1-16H. The van der Waals surface area contributed by atoms with E-state index in [4.69, 9.17) is 0 Å². The van der Waals surface area contributed by atoms with E-state index in [1.165, 1.54) is 69.6 Å². The normalized spacial score (nSPS) is 12.7. The first-order valence-electron chi connectivity index (χ1n) is 17.5. The van der Waals surface area contributed by atoms with Gasteiger partial charge in [-0.05, 0) is 72.8 Å². The largest absolute Gasteiger partial charge is 0.288 e. The summed E-state index contributed by atoms with van der Waals surface area (Å²) in [6, 6.07) is 25.7. The second-order valence-electron chi connectivity index (χ2n) is 13.0. The van der Waals surface area contributed by atoms with Gasteiger partial charge >= 0.3 is 0 Å². The van der Waals surface area contributed by atoms with Crippen molar-refractivity contribution < 1.29 is 27.2 Å². The van der Waals surface area contributed by atoms with Gasteiger partial charge in [0.15, 0.2) is 28.9 Å². The number of benzene rings is 6. The number of aromatic nitrogens is 4. The molecule has 0 saturated carbocycles. The van der Waals surface area contributed by atoms with Crippen molar-refractivity contribution in [3.63, 3.8) is 0 Å². The van der Waals surface area contributed by atoms with Crippen molar-refractivity contribution in [3.8, 4) is 0 Å². The number of hydrogen-bond acceptors (Lipinski definition) is 14. The maximum atomic E-state index is 15.4. The Balaban J connectivity index is 1.10. The summed E-state index contributed by atoms with van der Waals surface area (Å²) in [5.41, 5.74) is 1.28. The number of ketones is 2. The smallest absolute Gasteiger partial charge is 0.196 e. The number of carbonyl (C=O) groups excluding carboxylic acids is 2. The van der Waals surface area contributed by atoms with Gasteiger partial charge in [0.25, 0.3) is 0 Å². The van der Waals surface area contributed by atoms with Crippen LogP contribution in [0.3, 0.4) is 0 Å². The summed E-state index contributed by atoms with van der Waals surface area (Å²) in [6.07, 6.45) is 0. The third-order valence-electron chi connectivity index (χ3n) is 9.36. The van der Waals surface area contributed by atoms with Crippen molar-refractivity contribution in [1.29, 1.82) is 0 Å². The molecule has 11 rings (SSSR count). The lowest BCUT2D eigenvalue weighted by molar-refractivity contribution is 0.0970. The van der Waals surface area contributed by atoms with Gasteiger partial charge in [-0.1, -0.05) is 71.3 Å². The van der Waals surface area contributed by atoms with Crippen LogP contribution in [0, 0.1) is 23.3 Å². The summed E-state index contributed by atoms with van der Waals surface area (Å²) in [7, 11) is 0. The van der Waals surface area contributed by atoms with Crippen LogP contribution in [0.5, 0.6) is 0 Å². The molecule has 10 aromatic rings. The third-order valence-corrected chi connectivity index (χ3v) is 17.9. The van der Waals surface area contributed by atoms with Crippen molar-refractivity contribution in [2.75, 3.05) is 0 Å². The molecule has 0 saturated heterocycles. The highest BCUT2D eigenvalue weighted by Crippen LogP contribution is 2.50. The maximum absolute atomic E-state index is 15.4.